The summed E-state index contributed by atoms with van der Waals surface area (Å²) in [6.45, 7) is 3.02. The van der Waals surface area contributed by atoms with Gasteiger partial charge in [-0.3, -0.25) is 9.59 Å². The largest absolute Gasteiger partial charge is 0.481 e. The number of likely N-dealkylation sites (tertiary alicyclic amines) is 1. The summed E-state index contributed by atoms with van der Waals surface area (Å²) in [5.74, 6) is -1.13. The minimum absolute atomic E-state index is 0.0484. The Balaban J connectivity index is 1.76. The molecule has 5 nitrogen and oxygen atoms in total. The highest BCUT2D eigenvalue weighted by Crippen LogP contribution is 2.21. The van der Waals surface area contributed by atoms with Crippen LogP contribution in [0.15, 0.2) is 24.3 Å². The van der Waals surface area contributed by atoms with Crippen LogP contribution in [0.5, 0.6) is 0 Å². The molecule has 1 amide bonds. The molecule has 1 fully saturated rings. The molecule has 21 heavy (non-hydrogen) atoms. The Kier molecular flexibility index (Phi) is 3.41. The van der Waals surface area contributed by atoms with Gasteiger partial charge in [0.05, 0.1) is 5.92 Å². The van der Waals surface area contributed by atoms with E-state index in [1.54, 1.807) is 4.90 Å². The van der Waals surface area contributed by atoms with Crippen molar-refractivity contribution in [2.24, 2.45) is 5.92 Å². The highest BCUT2D eigenvalue weighted by Gasteiger charge is 2.28. The molecule has 2 aromatic rings. The average molecular weight is 286 g/mol. The van der Waals surface area contributed by atoms with Gasteiger partial charge in [-0.2, -0.15) is 0 Å². The second-order valence-electron chi connectivity index (χ2n) is 5.68. The molecule has 2 heterocycles. The van der Waals surface area contributed by atoms with Gasteiger partial charge in [-0.25, -0.2) is 0 Å². The van der Waals surface area contributed by atoms with E-state index in [1.165, 1.54) is 0 Å². The van der Waals surface area contributed by atoms with Crippen molar-refractivity contribution in [1.82, 2.24) is 9.88 Å². The Morgan fingerprint density at radius 2 is 1.95 bits per heavy atom. The maximum absolute atomic E-state index is 12.5. The van der Waals surface area contributed by atoms with Crippen molar-refractivity contribution in [1.29, 1.82) is 0 Å². The van der Waals surface area contributed by atoms with Crippen molar-refractivity contribution >= 4 is 22.8 Å². The normalized spacial score (nSPS) is 16.3. The molecule has 0 saturated carbocycles. The molecular formula is C16H18N2O3. The van der Waals surface area contributed by atoms with Crippen molar-refractivity contribution in [3.8, 4) is 0 Å². The molecule has 110 valence electrons. The monoisotopic (exact) mass is 286 g/mol. The number of hydrogen-bond donors (Lipinski definition) is 2. The number of rotatable bonds is 2. The fourth-order valence-corrected chi connectivity index (χ4v) is 2.86. The summed E-state index contributed by atoms with van der Waals surface area (Å²) in [5.41, 5.74) is 2.67. The van der Waals surface area contributed by atoms with Crippen LogP contribution in [0.1, 0.15) is 28.9 Å². The molecular weight excluding hydrogens is 268 g/mol. The van der Waals surface area contributed by atoms with E-state index < -0.39 is 5.97 Å². The minimum atomic E-state index is -0.761. The zero-order valence-corrected chi connectivity index (χ0v) is 11.9. The summed E-state index contributed by atoms with van der Waals surface area (Å²) < 4.78 is 0. The van der Waals surface area contributed by atoms with Gasteiger partial charge in [-0.15, -0.1) is 0 Å². The number of H-pyrrole nitrogens is 1. The summed E-state index contributed by atoms with van der Waals surface area (Å²) in [4.78, 5) is 28.3. The molecule has 0 aliphatic carbocycles. The molecule has 1 aromatic carbocycles. The Hall–Kier alpha value is -2.30. The lowest BCUT2D eigenvalue weighted by Gasteiger charge is -2.29. The van der Waals surface area contributed by atoms with Gasteiger partial charge in [0.25, 0.3) is 5.91 Å². The van der Waals surface area contributed by atoms with Crippen LogP contribution >= 0.6 is 0 Å². The van der Waals surface area contributed by atoms with E-state index in [2.05, 4.69) is 4.98 Å². The number of nitrogens with zero attached hydrogens (tertiary/aromatic N) is 1. The van der Waals surface area contributed by atoms with Crippen LogP contribution < -0.4 is 0 Å². The molecule has 2 N–H and O–H groups in total. The number of fused-ring (bicyclic) bond motifs is 1. The van der Waals surface area contributed by atoms with Crippen molar-refractivity contribution in [2.45, 2.75) is 19.8 Å². The highest BCUT2D eigenvalue weighted by molar-refractivity contribution is 5.98. The summed E-state index contributed by atoms with van der Waals surface area (Å²) in [6.07, 6.45) is 1.06. The number of hydrogen-bond acceptors (Lipinski definition) is 2. The van der Waals surface area contributed by atoms with Crippen molar-refractivity contribution in [3.63, 3.8) is 0 Å². The first-order valence-electron chi connectivity index (χ1n) is 7.16. The maximum atomic E-state index is 12.5. The lowest BCUT2D eigenvalue weighted by atomic mass is 9.97. The van der Waals surface area contributed by atoms with Gasteiger partial charge in [0.2, 0.25) is 0 Å². The molecule has 3 rings (SSSR count). The number of carbonyl (C=O) groups is 2. The number of aliphatic carboxylic acids is 1. The van der Waals surface area contributed by atoms with Gasteiger partial charge in [0.1, 0.15) is 5.69 Å². The minimum Gasteiger partial charge on any atom is -0.481 e. The lowest BCUT2D eigenvalue weighted by molar-refractivity contribution is -0.143. The van der Waals surface area contributed by atoms with E-state index in [1.807, 2.05) is 31.2 Å². The van der Waals surface area contributed by atoms with E-state index in [9.17, 15) is 9.59 Å². The van der Waals surface area contributed by atoms with E-state index >= 15 is 0 Å². The van der Waals surface area contributed by atoms with E-state index in [-0.39, 0.29) is 11.8 Å². The quantitative estimate of drug-likeness (QED) is 0.890. The molecule has 1 saturated heterocycles. The SMILES string of the molecule is Cc1ccc2cc(C(=O)N3CCC(C(=O)O)CC3)[nH]c2c1. The van der Waals surface area contributed by atoms with Gasteiger partial charge in [0.15, 0.2) is 0 Å². The molecule has 0 unspecified atom stereocenters. The maximum Gasteiger partial charge on any atom is 0.306 e. The number of aromatic nitrogens is 1. The fourth-order valence-electron chi connectivity index (χ4n) is 2.86. The number of carboxylic acids is 1. The number of carbonyl (C=O) groups excluding carboxylic acids is 1. The van der Waals surface area contributed by atoms with Crippen molar-refractivity contribution in [2.75, 3.05) is 13.1 Å². The third-order valence-corrected chi connectivity index (χ3v) is 4.14. The molecule has 0 spiro atoms. The topological polar surface area (TPSA) is 73.4 Å². The van der Waals surface area contributed by atoms with E-state index in [0.717, 1.165) is 16.5 Å². The van der Waals surface area contributed by atoms with Gasteiger partial charge in [0, 0.05) is 24.0 Å². The molecule has 0 bridgehead atoms. The van der Waals surface area contributed by atoms with Crippen LogP contribution in [-0.2, 0) is 4.79 Å². The van der Waals surface area contributed by atoms with Gasteiger partial charge < -0.3 is 15.0 Å². The summed E-state index contributed by atoms with van der Waals surface area (Å²) in [7, 11) is 0. The number of aryl methyl sites for hydroxylation is 1. The Morgan fingerprint density at radius 3 is 2.62 bits per heavy atom. The number of carboxylic acid groups (broad SMARTS) is 1. The number of nitrogens with one attached hydrogen (secondary N) is 1. The Morgan fingerprint density at radius 1 is 1.24 bits per heavy atom. The molecule has 1 aromatic heterocycles. The number of aromatic amines is 1. The van der Waals surface area contributed by atoms with Crippen LogP contribution in [0.25, 0.3) is 10.9 Å². The zero-order chi connectivity index (χ0) is 15.0. The van der Waals surface area contributed by atoms with Crippen LogP contribution in [0.4, 0.5) is 0 Å². The fraction of sp³-hybridized carbons (Fsp3) is 0.375. The van der Waals surface area contributed by atoms with Gasteiger partial charge in [-0.05, 0) is 37.5 Å². The number of amides is 1. The van der Waals surface area contributed by atoms with Crippen LogP contribution in [0, 0.1) is 12.8 Å². The first-order chi connectivity index (χ1) is 10.0. The molecule has 1 aliphatic rings. The standard InChI is InChI=1S/C16H18N2O3/c1-10-2-3-12-9-14(17-13(12)8-10)15(19)18-6-4-11(5-7-18)16(20)21/h2-3,8-9,11,17H,4-7H2,1H3,(H,20,21). The Labute approximate surface area is 122 Å². The highest BCUT2D eigenvalue weighted by atomic mass is 16.4. The summed E-state index contributed by atoms with van der Waals surface area (Å²) >= 11 is 0. The molecule has 1 aliphatic heterocycles. The lowest BCUT2D eigenvalue weighted by Crippen LogP contribution is -2.40. The molecule has 5 heteroatoms. The van der Waals surface area contributed by atoms with Gasteiger partial charge >= 0.3 is 5.97 Å². The third kappa shape index (κ3) is 2.63. The first-order valence-corrected chi connectivity index (χ1v) is 7.16. The predicted molar refractivity (Wildman–Crippen MR) is 79.3 cm³/mol. The van der Waals surface area contributed by atoms with Crippen molar-refractivity contribution in [3.05, 3.63) is 35.5 Å². The van der Waals surface area contributed by atoms with Gasteiger partial charge in [-0.1, -0.05) is 12.1 Å². The van der Waals surface area contributed by atoms with Crippen LogP contribution in [-0.4, -0.2) is 40.0 Å². The van der Waals surface area contributed by atoms with Crippen molar-refractivity contribution < 1.29 is 14.7 Å². The van der Waals surface area contributed by atoms with Crippen LogP contribution in [0.2, 0.25) is 0 Å². The number of piperidine rings is 1. The number of benzene rings is 1. The first kappa shape index (κ1) is 13.7. The predicted octanol–water partition coefficient (Wildman–Crippen LogP) is 2.41. The van der Waals surface area contributed by atoms with Crippen LogP contribution in [0.3, 0.4) is 0 Å². The second-order valence-corrected chi connectivity index (χ2v) is 5.68. The zero-order valence-electron chi connectivity index (χ0n) is 11.9. The molecule has 0 atom stereocenters. The summed E-state index contributed by atoms with van der Waals surface area (Å²) in [6, 6.07) is 7.89. The molecule has 0 radical (unpaired) electrons. The third-order valence-electron chi connectivity index (χ3n) is 4.14. The Bertz CT molecular complexity index is 697. The van der Waals surface area contributed by atoms with E-state index in [4.69, 9.17) is 5.11 Å². The average Bonchev–Trinajstić information content (AvgIpc) is 2.89. The smallest absolute Gasteiger partial charge is 0.306 e. The van der Waals surface area contributed by atoms with E-state index in [0.29, 0.717) is 31.6 Å². The second kappa shape index (κ2) is 5.24. The summed E-state index contributed by atoms with van der Waals surface area (Å²) in [5, 5.41) is 10.0.